The van der Waals surface area contributed by atoms with E-state index in [1.165, 1.54) is 56.1 Å². The van der Waals surface area contributed by atoms with E-state index in [1.54, 1.807) is 23.1 Å². The van der Waals surface area contributed by atoms with Crippen LogP contribution < -0.4 is 20.4 Å². The predicted octanol–water partition coefficient (Wildman–Crippen LogP) is 5.08. The maximum Gasteiger partial charge on any atom is 0.252 e. The molecule has 1 aliphatic rings. The zero-order chi connectivity index (χ0) is 27.8. The van der Waals surface area contributed by atoms with Crippen LogP contribution >= 0.6 is 23.2 Å². The largest absolute Gasteiger partial charge is 0.341 e. The van der Waals surface area contributed by atoms with E-state index in [1.807, 2.05) is 0 Å². The van der Waals surface area contributed by atoms with Gasteiger partial charge in [-0.2, -0.15) is 0 Å². The monoisotopic (exact) mass is 560 g/mol. The fourth-order valence-corrected chi connectivity index (χ4v) is 4.62. The van der Waals surface area contributed by atoms with Gasteiger partial charge in [0, 0.05) is 28.3 Å². The zero-order valence-corrected chi connectivity index (χ0v) is 22.2. The number of fused-ring (bicyclic) bond motifs is 1. The summed E-state index contributed by atoms with van der Waals surface area (Å²) >= 11 is 12.5. The lowest BCUT2D eigenvalue weighted by atomic mass is 10.0. The van der Waals surface area contributed by atoms with Crippen molar-refractivity contribution in [3.05, 3.63) is 87.9 Å². The number of nitrogens with one attached hydrogen (secondary N) is 2. The van der Waals surface area contributed by atoms with E-state index in [0.29, 0.717) is 21.4 Å². The molecule has 0 saturated heterocycles. The van der Waals surface area contributed by atoms with E-state index in [0.717, 1.165) is 12.1 Å². The van der Waals surface area contributed by atoms with Crippen molar-refractivity contribution in [2.45, 2.75) is 25.4 Å². The van der Waals surface area contributed by atoms with E-state index < -0.39 is 40.9 Å². The molecule has 2 N–H and O–H groups in total. The molecule has 0 fully saturated rings. The fraction of sp³-hybridized carbons (Fsp3) is 0.222. The van der Waals surface area contributed by atoms with Gasteiger partial charge in [0.1, 0.15) is 23.2 Å². The molecule has 11 heteroatoms. The first kappa shape index (κ1) is 27.3. The van der Waals surface area contributed by atoms with Gasteiger partial charge in [-0.15, -0.1) is 0 Å². The van der Waals surface area contributed by atoms with Gasteiger partial charge in [-0.25, -0.2) is 8.78 Å². The Kier molecular flexibility index (Phi) is 7.62. The van der Waals surface area contributed by atoms with E-state index in [-0.39, 0.29) is 17.8 Å². The van der Waals surface area contributed by atoms with Crippen molar-refractivity contribution in [3.63, 3.8) is 0 Å². The highest BCUT2D eigenvalue weighted by atomic mass is 35.5. The molecule has 0 saturated carbocycles. The molecule has 7 nitrogen and oxygen atoms in total. The molecule has 0 unspecified atom stereocenters. The maximum absolute atomic E-state index is 14.2. The molecule has 3 aromatic carbocycles. The highest BCUT2D eigenvalue weighted by Crippen LogP contribution is 2.39. The lowest BCUT2D eigenvalue weighted by Gasteiger charge is -2.30. The van der Waals surface area contributed by atoms with Gasteiger partial charge in [-0.1, -0.05) is 23.2 Å². The number of nitrogens with zero attached hydrogens (tertiary/aromatic N) is 2. The summed E-state index contributed by atoms with van der Waals surface area (Å²) < 4.78 is 27.4. The molecule has 1 aliphatic heterocycles. The first-order valence-corrected chi connectivity index (χ1v) is 12.3. The number of hydrogen-bond acceptors (Lipinski definition) is 4. The minimum Gasteiger partial charge on any atom is -0.341 e. The fourth-order valence-electron chi connectivity index (χ4n) is 4.10. The number of amides is 3. The second kappa shape index (κ2) is 10.6. The van der Waals surface area contributed by atoms with Crippen LogP contribution in [0.1, 0.15) is 24.2 Å². The van der Waals surface area contributed by atoms with Crippen molar-refractivity contribution in [1.29, 1.82) is 0 Å². The number of hydrogen-bond donors (Lipinski definition) is 2. The van der Waals surface area contributed by atoms with Crippen LogP contribution in [0.2, 0.25) is 10.0 Å². The van der Waals surface area contributed by atoms with Crippen LogP contribution in [0.5, 0.6) is 0 Å². The van der Waals surface area contributed by atoms with Crippen molar-refractivity contribution < 1.29 is 23.2 Å². The topological polar surface area (TPSA) is 81.8 Å². The van der Waals surface area contributed by atoms with Crippen LogP contribution in [0.15, 0.2) is 60.7 Å². The third-order valence-electron chi connectivity index (χ3n) is 6.15. The van der Waals surface area contributed by atoms with Gasteiger partial charge in [0.15, 0.2) is 0 Å². The van der Waals surface area contributed by atoms with E-state index >= 15 is 0 Å². The number of benzene rings is 3. The van der Waals surface area contributed by atoms with Crippen molar-refractivity contribution in [2.75, 3.05) is 23.4 Å². The van der Waals surface area contributed by atoms with E-state index in [4.69, 9.17) is 23.2 Å². The molecule has 0 aliphatic carbocycles. The number of carbonyl (C=O) groups is 3. The van der Waals surface area contributed by atoms with Crippen molar-refractivity contribution in [3.8, 4) is 0 Å². The van der Waals surface area contributed by atoms with Gasteiger partial charge in [0.05, 0.1) is 17.9 Å². The van der Waals surface area contributed by atoms with Crippen LogP contribution in [-0.2, 0) is 9.59 Å². The SMILES string of the molecule is CN1C(=O)[C@H](NC(=O)C(C)(C)NC(=O)c2ccc(F)cc2)CN(c2cc(Cl)cc(Cl)c2)c2ccc(F)cc21. The van der Waals surface area contributed by atoms with E-state index in [9.17, 15) is 23.2 Å². The highest BCUT2D eigenvalue weighted by Gasteiger charge is 2.38. The summed E-state index contributed by atoms with van der Waals surface area (Å²) in [7, 11) is 1.48. The summed E-state index contributed by atoms with van der Waals surface area (Å²) in [6.45, 7) is 2.92. The Morgan fingerprint density at radius 2 is 1.53 bits per heavy atom. The van der Waals surface area contributed by atoms with Crippen LogP contribution in [0.3, 0.4) is 0 Å². The summed E-state index contributed by atoms with van der Waals surface area (Å²) in [4.78, 5) is 42.4. The average Bonchev–Trinajstić information content (AvgIpc) is 2.94. The Morgan fingerprint density at radius 3 is 2.16 bits per heavy atom. The maximum atomic E-state index is 14.2. The molecule has 1 atom stereocenters. The van der Waals surface area contributed by atoms with Gasteiger partial charge in [0.25, 0.3) is 11.8 Å². The molecule has 0 aromatic heterocycles. The standard InChI is InChI=1S/C27H24Cl2F2N4O3/c1-27(2,33-24(36)15-4-6-18(30)7-5-15)26(38)32-21-14-35(20-11-16(28)10-17(29)12-20)22-9-8-19(31)13-23(22)34(3)25(21)37/h4-13,21H,14H2,1-3H3,(H,32,38)(H,33,36)/t21-/m1/s1. The van der Waals surface area contributed by atoms with E-state index in [2.05, 4.69) is 10.6 Å². The molecule has 3 amide bonds. The number of rotatable bonds is 5. The van der Waals surface area contributed by atoms with Crippen molar-refractivity contribution in [1.82, 2.24) is 10.6 Å². The molecular weight excluding hydrogens is 537 g/mol. The van der Waals surface area contributed by atoms with Crippen LogP contribution in [0, 0.1) is 11.6 Å². The van der Waals surface area contributed by atoms with Gasteiger partial charge in [-0.05, 0) is 74.5 Å². The van der Waals surface area contributed by atoms with Gasteiger partial charge < -0.3 is 20.4 Å². The first-order valence-electron chi connectivity index (χ1n) is 11.6. The molecular formula is C27H24Cl2F2N4O3. The number of anilines is 3. The van der Waals surface area contributed by atoms with Crippen molar-refractivity contribution in [2.24, 2.45) is 0 Å². The summed E-state index contributed by atoms with van der Waals surface area (Å²) in [5.41, 5.74) is 0.0355. The molecule has 0 bridgehead atoms. The summed E-state index contributed by atoms with van der Waals surface area (Å²) in [6.07, 6.45) is 0. The Labute approximate surface area is 228 Å². The van der Waals surface area contributed by atoms with Crippen LogP contribution in [0.25, 0.3) is 0 Å². The minimum absolute atomic E-state index is 0.0355. The Bertz CT molecular complexity index is 1400. The first-order chi connectivity index (χ1) is 17.9. The van der Waals surface area contributed by atoms with Crippen LogP contribution in [0.4, 0.5) is 25.8 Å². The third-order valence-corrected chi connectivity index (χ3v) is 6.58. The van der Waals surface area contributed by atoms with Crippen LogP contribution in [-0.4, -0.2) is 42.9 Å². The minimum atomic E-state index is -1.44. The summed E-state index contributed by atoms with van der Waals surface area (Å²) in [5.74, 6) is -2.77. The molecule has 3 aromatic rings. The zero-order valence-electron chi connectivity index (χ0n) is 20.7. The highest BCUT2D eigenvalue weighted by molar-refractivity contribution is 6.35. The molecule has 4 rings (SSSR count). The average molecular weight is 561 g/mol. The van der Waals surface area contributed by atoms with Gasteiger partial charge in [0.2, 0.25) is 5.91 Å². The van der Waals surface area contributed by atoms with Gasteiger partial charge >= 0.3 is 0 Å². The lowest BCUT2D eigenvalue weighted by molar-refractivity contribution is -0.130. The lowest BCUT2D eigenvalue weighted by Crippen LogP contribution is -2.60. The Morgan fingerprint density at radius 1 is 0.921 bits per heavy atom. The molecule has 0 spiro atoms. The number of carbonyl (C=O) groups excluding carboxylic acids is 3. The van der Waals surface area contributed by atoms with Gasteiger partial charge in [-0.3, -0.25) is 14.4 Å². The smallest absolute Gasteiger partial charge is 0.252 e. The normalized spacial score (nSPS) is 15.6. The van der Waals surface area contributed by atoms with Crippen molar-refractivity contribution >= 4 is 58.0 Å². The molecule has 198 valence electrons. The molecule has 38 heavy (non-hydrogen) atoms. The summed E-state index contributed by atoms with van der Waals surface area (Å²) in [6, 6.07) is 12.6. The second-order valence-corrected chi connectivity index (χ2v) is 10.3. The quantitative estimate of drug-likeness (QED) is 0.456. The predicted molar refractivity (Wildman–Crippen MR) is 143 cm³/mol. The third kappa shape index (κ3) is 5.74. The molecule has 0 radical (unpaired) electrons. The second-order valence-electron chi connectivity index (χ2n) is 9.38. The number of halogens is 4. The Hall–Kier alpha value is -3.69. The number of likely N-dealkylation sites (N-methyl/N-ethyl adjacent to an activating group) is 1. The summed E-state index contributed by atoms with van der Waals surface area (Å²) in [5, 5.41) is 6.03. The Balaban J connectivity index is 1.64. The molecule has 1 heterocycles.